The van der Waals surface area contributed by atoms with E-state index in [-0.39, 0.29) is 25.2 Å². The highest BCUT2D eigenvalue weighted by atomic mass is 16.5. The van der Waals surface area contributed by atoms with E-state index in [0.717, 1.165) is 5.56 Å². The number of amides is 1. The summed E-state index contributed by atoms with van der Waals surface area (Å²) in [5.41, 5.74) is 2.00. The number of esters is 1. The molecule has 0 saturated carbocycles. The quantitative estimate of drug-likeness (QED) is 0.530. The second-order valence-electron chi connectivity index (χ2n) is 6.29. The number of carbonyl (C=O) groups is 3. The van der Waals surface area contributed by atoms with Crippen molar-refractivity contribution in [3.8, 4) is 5.75 Å². The van der Waals surface area contributed by atoms with Crippen LogP contribution >= 0.6 is 0 Å². The van der Waals surface area contributed by atoms with Crippen molar-refractivity contribution in [2.24, 2.45) is 0 Å². The molecule has 0 saturated heterocycles. The Bertz CT molecular complexity index is 832. The van der Waals surface area contributed by atoms with Gasteiger partial charge in [0.15, 0.2) is 11.8 Å². The summed E-state index contributed by atoms with van der Waals surface area (Å²) in [6, 6.07) is 13.3. The van der Waals surface area contributed by atoms with Crippen molar-refractivity contribution >= 4 is 17.7 Å². The summed E-state index contributed by atoms with van der Waals surface area (Å²) in [6.07, 6.45) is -0.0331. The lowest BCUT2D eigenvalue weighted by atomic mass is 10.0. The van der Waals surface area contributed by atoms with E-state index >= 15 is 0 Å². The maximum atomic E-state index is 12.5. The van der Waals surface area contributed by atoms with Crippen molar-refractivity contribution in [1.29, 1.82) is 0 Å². The van der Waals surface area contributed by atoms with Gasteiger partial charge in [-0.05, 0) is 31.5 Å². The number of benzene rings is 2. The van der Waals surface area contributed by atoms with Gasteiger partial charge < -0.3 is 14.8 Å². The van der Waals surface area contributed by atoms with Crippen LogP contribution in [0.3, 0.4) is 0 Å². The number of hydrogen-bond donors (Lipinski definition) is 1. The Hall–Kier alpha value is -3.15. The van der Waals surface area contributed by atoms with E-state index in [0.29, 0.717) is 16.9 Å². The number of rotatable bonds is 9. The van der Waals surface area contributed by atoms with E-state index in [2.05, 4.69) is 5.32 Å². The van der Waals surface area contributed by atoms with Crippen LogP contribution in [0.1, 0.15) is 47.3 Å². The normalized spacial score (nSPS) is 11.4. The summed E-state index contributed by atoms with van der Waals surface area (Å²) in [4.78, 5) is 37.2. The molecular weight excluding hydrogens is 358 g/mol. The molecule has 2 aromatic rings. The molecule has 0 heterocycles. The fourth-order valence-corrected chi connectivity index (χ4v) is 2.78. The Balaban J connectivity index is 2.04. The molecule has 28 heavy (non-hydrogen) atoms. The molecule has 6 nitrogen and oxygen atoms in total. The summed E-state index contributed by atoms with van der Waals surface area (Å²) in [6.45, 7) is 3.80. The highest BCUT2D eigenvalue weighted by Crippen LogP contribution is 2.22. The minimum absolute atomic E-state index is 0.00990. The predicted octanol–water partition coefficient (Wildman–Crippen LogP) is 3.39. The number of methoxy groups -OCH3 is 1. The van der Waals surface area contributed by atoms with Gasteiger partial charge in [-0.3, -0.25) is 9.59 Å². The molecule has 0 aromatic heterocycles. The van der Waals surface area contributed by atoms with E-state index < -0.39 is 17.9 Å². The molecule has 0 aliphatic rings. The second kappa shape index (κ2) is 10.3. The average molecular weight is 383 g/mol. The molecule has 0 aliphatic heterocycles. The molecule has 1 N–H and O–H groups in total. The Morgan fingerprint density at radius 3 is 2.39 bits per heavy atom. The number of carbonyl (C=O) groups excluding carboxylic acids is 3. The molecule has 2 aromatic carbocycles. The Morgan fingerprint density at radius 2 is 1.75 bits per heavy atom. The first-order valence-corrected chi connectivity index (χ1v) is 9.15. The van der Waals surface area contributed by atoms with Crippen molar-refractivity contribution in [2.45, 2.75) is 32.7 Å². The van der Waals surface area contributed by atoms with Gasteiger partial charge in [0.05, 0.1) is 19.3 Å². The third-order valence-electron chi connectivity index (χ3n) is 4.20. The van der Waals surface area contributed by atoms with Gasteiger partial charge in [-0.2, -0.15) is 0 Å². The lowest BCUT2D eigenvalue weighted by Gasteiger charge is -2.17. The summed E-state index contributed by atoms with van der Waals surface area (Å²) in [7, 11) is 1.50. The smallest absolute Gasteiger partial charge is 0.333 e. The Kier molecular flexibility index (Phi) is 7.75. The van der Waals surface area contributed by atoms with Crippen LogP contribution in [-0.4, -0.2) is 31.4 Å². The topological polar surface area (TPSA) is 81.7 Å². The monoisotopic (exact) mass is 383 g/mol. The van der Waals surface area contributed by atoms with E-state index in [1.54, 1.807) is 43.3 Å². The van der Waals surface area contributed by atoms with Gasteiger partial charge in [-0.1, -0.05) is 42.0 Å². The standard InChI is InChI=1S/C22H25NO5/c1-4-28-22(26)21(16-8-6-5-7-9-16)23-20(25)13-11-18(24)17-14-15(2)10-12-19(17)27-3/h5-10,12,14,21H,4,11,13H2,1-3H3,(H,23,25). The van der Waals surface area contributed by atoms with Crippen molar-refractivity contribution in [3.05, 3.63) is 65.2 Å². The first-order valence-electron chi connectivity index (χ1n) is 9.15. The van der Waals surface area contributed by atoms with Gasteiger partial charge in [0, 0.05) is 12.8 Å². The number of nitrogens with one attached hydrogen (secondary N) is 1. The summed E-state index contributed by atoms with van der Waals surface area (Å²) in [5.74, 6) is -0.650. The van der Waals surface area contributed by atoms with Gasteiger partial charge in [0.1, 0.15) is 5.75 Å². The van der Waals surface area contributed by atoms with Crippen LogP contribution in [0.5, 0.6) is 5.75 Å². The van der Waals surface area contributed by atoms with Crippen molar-refractivity contribution in [2.75, 3.05) is 13.7 Å². The minimum Gasteiger partial charge on any atom is -0.496 e. The van der Waals surface area contributed by atoms with Crippen LogP contribution in [0.15, 0.2) is 48.5 Å². The third-order valence-corrected chi connectivity index (χ3v) is 4.20. The molecule has 6 heteroatoms. The summed E-state index contributed by atoms with van der Waals surface area (Å²) in [5, 5.41) is 2.67. The SMILES string of the molecule is CCOC(=O)C(NC(=O)CCC(=O)c1cc(C)ccc1OC)c1ccccc1. The highest BCUT2D eigenvalue weighted by Gasteiger charge is 2.24. The average Bonchev–Trinajstić information content (AvgIpc) is 2.71. The van der Waals surface area contributed by atoms with Gasteiger partial charge >= 0.3 is 5.97 Å². The van der Waals surface area contributed by atoms with E-state index in [4.69, 9.17) is 9.47 Å². The third kappa shape index (κ3) is 5.67. The molecule has 2 rings (SSSR count). The Labute approximate surface area is 164 Å². The summed E-state index contributed by atoms with van der Waals surface area (Å²) < 4.78 is 10.3. The first-order chi connectivity index (χ1) is 13.5. The zero-order chi connectivity index (χ0) is 20.5. The zero-order valence-electron chi connectivity index (χ0n) is 16.4. The molecule has 1 unspecified atom stereocenters. The fourth-order valence-electron chi connectivity index (χ4n) is 2.78. The lowest BCUT2D eigenvalue weighted by Crippen LogP contribution is -2.35. The lowest BCUT2D eigenvalue weighted by molar-refractivity contribution is -0.147. The number of aryl methyl sites for hydroxylation is 1. The molecule has 0 aliphatic carbocycles. The second-order valence-corrected chi connectivity index (χ2v) is 6.29. The first kappa shape index (κ1) is 21.2. The van der Waals surface area contributed by atoms with Crippen LogP contribution < -0.4 is 10.1 Å². The number of Topliss-reactive ketones (excluding diaryl/α,β-unsaturated/α-hetero) is 1. The fraction of sp³-hybridized carbons (Fsp3) is 0.318. The summed E-state index contributed by atoms with van der Waals surface area (Å²) >= 11 is 0. The van der Waals surface area contributed by atoms with Crippen molar-refractivity contribution < 1.29 is 23.9 Å². The van der Waals surface area contributed by atoms with Gasteiger partial charge in [-0.25, -0.2) is 4.79 Å². The van der Waals surface area contributed by atoms with Crippen molar-refractivity contribution in [3.63, 3.8) is 0 Å². The number of ether oxygens (including phenoxy) is 2. The van der Waals surface area contributed by atoms with E-state index in [1.165, 1.54) is 7.11 Å². The molecule has 0 radical (unpaired) electrons. The number of ketones is 1. The van der Waals surface area contributed by atoms with Gasteiger partial charge in [0.25, 0.3) is 0 Å². The van der Waals surface area contributed by atoms with E-state index in [9.17, 15) is 14.4 Å². The number of hydrogen-bond acceptors (Lipinski definition) is 5. The molecule has 0 spiro atoms. The largest absolute Gasteiger partial charge is 0.496 e. The van der Waals surface area contributed by atoms with Gasteiger partial charge in [0.2, 0.25) is 5.91 Å². The van der Waals surface area contributed by atoms with Crippen molar-refractivity contribution in [1.82, 2.24) is 5.32 Å². The van der Waals surface area contributed by atoms with Crippen LogP contribution in [-0.2, 0) is 14.3 Å². The molecular formula is C22H25NO5. The van der Waals surface area contributed by atoms with Crippen LogP contribution in [0.25, 0.3) is 0 Å². The molecule has 1 amide bonds. The maximum Gasteiger partial charge on any atom is 0.333 e. The predicted molar refractivity (Wildman–Crippen MR) is 105 cm³/mol. The van der Waals surface area contributed by atoms with Crippen LogP contribution in [0.4, 0.5) is 0 Å². The van der Waals surface area contributed by atoms with Gasteiger partial charge in [-0.15, -0.1) is 0 Å². The van der Waals surface area contributed by atoms with Crippen LogP contribution in [0, 0.1) is 6.92 Å². The zero-order valence-corrected chi connectivity index (χ0v) is 16.4. The van der Waals surface area contributed by atoms with E-state index in [1.807, 2.05) is 19.1 Å². The maximum absolute atomic E-state index is 12.5. The molecule has 0 fully saturated rings. The Morgan fingerprint density at radius 1 is 1.04 bits per heavy atom. The molecule has 148 valence electrons. The minimum atomic E-state index is -0.905. The molecule has 0 bridgehead atoms. The molecule has 1 atom stereocenters. The highest BCUT2D eigenvalue weighted by molar-refractivity contribution is 6.00. The van der Waals surface area contributed by atoms with Crippen LogP contribution in [0.2, 0.25) is 0 Å².